The summed E-state index contributed by atoms with van der Waals surface area (Å²) in [6.45, 7) is -0.0400. The third-order valence-corrected chi connectivity index (χ3v) is 4.20. The number of hydrazine groups is 2. The van der Waals surface area contributed by atoms with Crippen LogP contribution in [0.4, 0.5) is 21.7 Å². The van der Waals surface area contributed by atoms with E-state index in [1.165, 1.54) is 6.07 Å². The van der Waals surface area contributed by atoms with E-state index in [0.29, 0.717) is 21.7 Å². The second-order valence-electron chi connectivity index (χ2n) is 4.25. The number of aromatic nitrogens is 1. The first-order chi connectivity index (χ1) is 10.1. The minimum atomic E-state index is -0.439. The molecule has 110 valence electrons. The van der Waals surface area contributed by atoms with Gasteiger partial charge in [0.1, 0.15) is 23.9 Å². The van der Waals surface area contributed by atoms with Crippen molar-refractivity contribution in [2.75, 3.05) is 16.6 Å². The lowest BCUT2D eigenvalue weighted by Gasteiger charge is -2.12. The first-order valence-electron chi connectivity index (χ1n) is 5.89. The van der Waals surface area contributed by atoms with Gasteiger partial charge in [0.2, 0.25) is 0 Å². The minimum Gasteiger partial charge on any atom is -0.486 e. The van der Waals surface area contributed by atoms with E-state index < -0.39 is 5.82 Å². The van der Waals surface area contributed by atoms with Gasteiger partial charge in [0.15, 0.2) is 11.6 Å². The molecule has 6 nitrogen and oxygen atoms in total. The first kappa shape index (κ1) is 14.2. The number of fused-ring (bicyclic) bond motifs is 1. The number of hydrogen-bond acceptors (Lipinski definition) is 6. The molecule has 3 rings (SSSR count). The number of benzene rings is 1. The summed E-state index contributed by atoms with van der Waals surface area (Å²) in [4.78, 5) is 4.07. The molecule has 9 heteroatoms. The van der Waals surface area contributed by atoms with E-state index in [0.717, 1.165) is 0 Å². The molecule has 5 N–H and O–H groups in total. The van der Waals surface area contributed by atoms with Crippen LogP contribution >= 0.6 is 27.5 Å². The number of nitrogens with one attached hydrogen (secondary N) is 3. The van der Waals surface area contributed by atoms with E-state index in [-0.39, 0.29) is 23.0 Å². The van der Waals surface area contributed by atoms with Crippen LogP contribution < -0.4 is 26.9 Å². The van der Waals surface area contributed by atoms with Gasteiger partial charge in [-0.1, -0.05) is 11.6 Å². The Morgan fingerprint density at radius 2 is 2.19 bits per heavy atom. The number of hydrogen-bond donors (Lipinski definition) is 4. The number of ether oxygens (including phenoxy) is 1. The normalized spacial score (nSPS) is 12.5. The van der Waals surface area contributed by atoms with Crippen molar-refractivity contribution in [2.24, 2.45) is 0 Å². The molecular formula is C12H10BrClFN5O. The second kappa shape index (κ2) is 5.55. The van der Waals surface area contributed by atoms with Gasteiger partial charge >= 0.3 is 0 Å². The first-order valence-corrected chi connectivity index (χ1v) is 7.06. The Morgan fingerprint density at radius 3 is 3.00 bits per heavy atom. The van der Waals surface area contributed by atoms with E-state index in [4.69, 9.17) is 22.1 Å². The molecule has 0 radical (unpaired) electrons. The maximum absolute atomic E-state index is 13.8. The Bertz CT molecular complexity index is 715. The Morgan fingerprint density at radius 1 is 1.38 bits per heavy atom. The van der Waals surface area contributed by atoms with Gasteiger partial charge in [0, 0.05) is 16.1 Å². The molecule has 2 aromatic rings. The van der Waals surface area contributed by atoms with Gasteiger partial charge in [-0.25, -0.2) is 9.37 Å². The number of halogens is 3. The van der Waals surface area contributed by atoms with Crippen molar-refractivity contribution in [3.8, 4) is 5.75 Å². The van der Waals surface area contributed by atoms with Gasteiger partial charge in [-0.3, -0.25) is 10.9 Å². The highest BCUT2D eigenvalue weighted by atomic mass is 79.9. The smallest absolute Gasteiger partial charge is 0.172 e. The van der Waals surface area contributed by atoms with E-state index in [1.54, 1.807) is 12.1 Å². The Kier molecular flexibility index (Phi) is 3.75. The van der Waals surface area contributed by atoms with Crippen LogP contribution in [0.3, 0.4) is 0 Å². The highest BCUT2D eigenvalue weighted by Gasteiger charge is 2.19. The van der Waals surface area contributed by atoms with E-state index >= 15 is 0 Å². The average Bonchev–Trinajstić information content (AvgIpc) is 2.91. The van der Waals surface area contributed by atoms with Crippen molar-refractivity contribution in [3.63, 3.8) is 0 Å². The van der Waals surface area contributed by atoms with Crippen molar-refractivity contribution < 1.29 is 9.13 Å². The summed E-state index contributed by atoms with van der Waals surface area (Å²) in [6, 6.07) is 4.41. The molecule has 1 aliphatic rings. The van der Waals surface area contributed by atoms with Gasteiger partial charge in [-0.15, -0.1) is 5.53 Å². The molecule has 21 heavy (non-hydrogen) atoms. The molecule has 0 unspecified atom stereocenters. The molecule has 0 saturated carbocycles. The van der Waals surface area contributed by atoms with Crippen LogP contribution in [0.25, 0.3) is 0 Å². The molecular weight excluding hydrogens is 365 g/mol. The van der Waals surface area contributed by atoms with Crippen LogP contribution in [-0.4, -0.2) is 4.98 Å². The van der Waals surface area contributed by atoms with E-state index in [9.17, 15) is 4.39 Å². The molecule has 0 saturated heterocycles. The predicted molar refractivity (Wildman–Crippen MR) is 82.5 cm³/mol. The molecule has 0 spiro atoms. The van der Waals surface area contributed by atoms with E-state index in [1.807, 2.05) is 0 Å². The van der Waals surface area contributed by atoms with Gasteiger partial charge in [0.25, 0.3) is 0 Å². The number of rotatable bonds is 3. The fraction of sp³-hybridized carbons (Fsp3) is 0.0833. The minimum absolute atomic E-state index is 0.0400. The van der Waals surface area contributed by atoms with Crippen molar-refractivity contribution in [1.82, 2.24) is 10.5 Å². The van der Waals surface area contributed by atoms with Gasteiger partial charge in [0.05, 0.1) is 5.02 Å². The number of pyridine rings is 1. The van der Waals surface area contributed by atoms with E-state index in [2.05, 4.69) is 37.3 Å². The fourth-order valence-corrected chi connectivity index (χ4v) is 2.45. The lowest BCUT2D eigenvalue weighted by atomic mass is 10.2. The zero-order valence-corrected chi connectivity index (χ0v) is 12.8. The topological polar surface area (TPSA) is 84.2 Å². The molecule has 0 aliphatic carbocycles. The number of nitrogen functional groups attached to an aromatic ring is 1. The highest BCUT2D eigenvalue weighted by Crippen LogP contribution is 2.36. The monoisotopic (exact) mass is 373 g/mol. The SMILES string of the molecule is Nc1cc(OCc2c(F)ccc(Br)c2Cl)c2c(n1)NNN2. The molecule has 0 fully saturated rings. The van der Waals surface area contributed by atoms with Gasteiger partial charge in [-0.05, 0) is 28.1 Å². The van der Waals surface area contributed by atoms with Crippen LogP contribution in [0.2, 0.25) is 5.02 Å². The molecule has 1 aromatic carbocycles. The van der Waals surface area contributed by atoms with Crippen LogP contribution in [0.1, 0.15) is 5.56 Å². The molecule has 1 aromatic heterocycles. The van der Waals surface area contributed by atoms with Gasteiger partial charge < -0.3 is 10.5 Å². The number of anilines is 3. The zero-order chi connectivity index (χ0) is 15.0. The van der Waals surface area contributed by atoms with Crippen molar-refractivity contribution >= 4 is 44.9 Å². The van der Waals surface area contributed by atoms with Gasteiger partial charge in [-0.2, -0.15) is 0 Å². The maximum atomic E-state index is 13.8. The largest absolute Gasteiger partial charge is 0.486 e. The van der Waals surface area contributed by atoms with Crippen LogP contribution in [0.15, 0.2) is 22.7 Å². The van der Waals surface area contributed by atoms with Crippen LogP contribution in [0.5, 0.6) is 5.75 Å². The summed E-state index contributed by atoms with van der Waals surface area (Å²) >= 11 is 9.32. The lowest BCUT2D eigenvalue weighted by molar-refractivity contribution is 0.301. The maximum Gasteiger partial charge on any atom is 0.172 e. The molecule has 0 atom stereocenters. The summed E-state index contributed by atoms with van der Waals surface area (Å²) in [5.74, 6) is 0.782. The third kappa shape index (κ3) is 2.69. The summed E-state index contributed by atoms with van der Waals surface area (Å²) in [5, 5.41) is 0.276. The quantitative estimate of drug-likeness (QED) is 0.618. The molecule has 0 bridgehead atoms. The Balaban J connectivity index is 1.88. The Hall–Kier alpha value is -1.77. The van der Waals surface area contributed by atoms with Crippen molar-refractivity contribution in [3.05, 3.63) is 39.1 Å². The van der Waals surface area contributed by atoms with Crippen LogP contribution in [-0.2, 0) is 6.61 Å². The molecule has 1 aliphatic heterocycles. The predicted octanol–water partition coefficient (Wildman–Crippen LogP) is 3.05. The highest BCUT2D eigenvalue weighted by molar-refractivity contribution is 9.10. The van der Waals surface area contributed by atoms with Crippen LogP contribution in [0, 0.1) is 5.82 Å². The van der Waals surface area contributed by atoms with Crippen molar-refractivity contribution in [2.45, 2.75) is 6.61 Å². The number of nitrogens with zero attached hydrogens (tertiary/aromatic N) is 1. The zero-order valence-electron chi connectivity index (χ0n) is 10.5. The Labute approximate surface area is 132 Å². The third-order valence-electron chi connectivity index (χ3n) is 2.88. The number of nitrogens with two attached hydrogens (primary N) is 1. The molecule has 2 heterocycles. The summed E-state index contributed by atoms with van der Waals surface area (Å²) in [7, 11) is 0. The summed E-state index contributed by atoms with van der Waals surface area (Å²) < 4.78 is 20.1. The molecule has 0 amide bonds. The summed E-state index contributed by atoms with van der Waals surface area (Å²) in [5.41, 5.74) is 14.8. The standard InChI is InChI=1S/C12H10BrClFN5O/c13-6-1-2-7(15)5(10(6)14)4-21-8-3-9(16)17-12-11(8)18-20-19-12/h1-3,18,20H,4H2,(H3,16,17,19). The second-order valence-corrected chi connectivity index (χ2v) is 5.49. The average molecular weight is 375 g/mol. The lowest BCUT2D eigenvalue weighted by Crippen LogP contribution is -2.19. The summed E-state index contributed by atoms with van der Waals surface area (Å²) in [6.07, 6.45) is 0. The fourth-order valence-electron chi connectivity index (χ4n) is 1.87. The van der Waals surface area contributed by atoms with Crippen molar-refractivity contribution in [1.29, 1.82) is 0 Å².